The first-order chi connectivity index (χ1) is 10.3. The van der Waals surface area contributed by atoms with Gasteiger partial charge in [0.25, 0.3) is 0 Å². The van der Waals surface area contributed by atoms with E-state index in [2.05, 4.69) is 38.2 Å². The molecule has 0 bridgehead atoms. The molecule has 122 valence electrons. The van der Waals surface area contributed by atoms with Crippen LogP contribution in [0.3, 0.4) is 0 Å². The Labute approximate surface area is 132 Å². The lowest BCUT2D eigenvalue weighted by Gasteiger charge is -2.19. The van der Waals surface area contributed by atoms with Crippen molar-refractivity contribution in [2.75, 3.05) is 0 Å². The quantitative estimate of drug-likeness (QED) is 0.364. The van der Waals surface area contributed by atoms with Gasteiger partial charge in [-0.05, 0) is 56.8 Å². The molecule has 1 nitrogen and oxygen atoms in total. The number of hydrogen-bond acceptors (Lipinski definition) is 1. The summed E-state index contributed by atoms with van der Waals surface area (Å²) in [5, 5.41) is 10.2. The van der Waals surface area contributed by atoms with Gasteiger partial charge < -0.3 is 5.11 Å². The Morgan fingerprint density at radius 1 is 0.810 bits per heavy atom. The molecule has 1 saturated carbocycles. The van der Waals surface area contributed by atoms with E-state index in [1.807, 2.05) is 0 Å². The molecule has 0 heterocycles. The van der Waals surface area contributed by atoms with Crippen LogP contribution < -0.4 is 0 Å². The van der Waals surface area contributed by atoms with Crippen LogP contribution in [0.1, 0.15) is 84.5 Å². The fourth-order valence-corrected chi connectivity index (χ4v) is 3.36. The predicted octanol–water partition coefficient (Wildman–Crippen LogP) is 6.04. The van der Waals surface area contributed by atoms with Gasteiger partial charge in [-0.3, -0.25) is 0 Å². The monoisotopic (exact) mass is 292 g/mol. The van der Waals surface area contributed by atoms with Gasteiger partial charge in [0.05, 0.1) is 6.10 Å². The molecule has 1 rings (SSSR count). The van der Waals surface area contributed by atoms with Gasteiger partial charge in [0.15, 0.2) is 0 Å². The number of aliphatic hydroxyl groups is 1. The summed E-state index contributed by atoms with van der Waals surface area (Å²) in [5.74, 6) is 1.18. The summed E-state index contributed by atoms with van der Waals surface area (Å²) in [6, 6.07) is 0. The third-order valence-electron chi connectivity index (χ3n) is 4.81. The molecule has 0 aromatic rings. The molecule has 0 aromatic heterocycles. The molecule has 1 N–H and O–H groups in total. The minimum Gasteiger partial charge on any atom is -0.393 e. The largest absolute Gasteiger partial charge is 0.393 e. The predicted molar refractivity (Wildman–Crippen MR) is 93.4 cm³/mol. The molecule has 1 heteroatoms. The van der Waals surface area contributed by atoms with Crippen molar-refractivity contribution in [3.63, 3.8) is 0 Å². The first-order valence-electron chi connectivity index (χ1n) is 9.27. The standard InChI is InChI=1S/C20H36O/c1-3-5-7-9-11-13-15-19-18(16-17-20(19)21)14-12-10-8-6-4-2/h10-13,18-21H,3-9,14-17H2,1-2H3/b12-10-,13-11+/t18-,19?,20+/m0/s1. The zero-order valence-electron chi connectivity index (χ0n) is 14.3. The maximum absolute atomic E-state index is 10.2. The normalized spacial score (nSPS) is 26.3. The Morgan fingerprint density at radius 3 is 2.19 bits per heavy atom. The topological polar surface area (TPSA) is 20.2 Å². The molecular weight excluding hydrogens is 256 g/mol. The second-order valence-corrected chi connectivity index (χ2v) is 6.62. The average Bonchev–Trinajstić information content (AvgIpc) is 2.83. The van der Waals surface area contributed by atoms with Crippen LogP contribution in [-0.4, -0.2) is 11.2 Å². The van der Waals surface area contributed by atoms with Gasteiger partial charge in [-0.1, -0.05) is 63.8 Å². The maximum atomic E-state index is 10.2. The average molecular weight is 293 g/mol. The lowest BCUT2D eigenvalue weighted by Crippen LogP contribution is -2.18. The van der Waals surface area contributed by atoms with Crippen molar-refractivity contribution in [2.24, 2.45) is 11.8 Å². The van der Waals surface area contributed by atoms with Crippen molar-refractivity contribution in [2.45, 2.75) is 90.6 Å². The summed E-state index contributed by atoms with van der Waals surface area (Å²) < 4.78 is 0. The number of aliphatic hydroxyl groups excluding tert-OH is 1. The van der Waals surface area contributed by atoms with Crippen molar-refractivity contribution in [1.29, 1.82) is 0 Å². The molecule has 1 aliphatic rings. The van der Waals surface area contributed by atoms with Crippen molar-refractivity contribution in [1.82, 2.24) is 0 Å². The molecule has 0 aliphatic heterocycles. The van der Waals surface area contributed by atoms with E-state index >= 15 is 0 Å². The first-order valence-corrected chi connectivity index (χ1v) is 9.27. The Hall–Kier alpha value is -0.560. The van der Waals surface area contributed by atoms with Crippen LogP contribution in [-0.2, 0) is 0 Å². The minimum absolute atomic E-state index is 0.0701. The van der Waals surface area contributed by atoms with Gasteiger partial charge in [0, 0.05) is 0 Å². The number of unbranched alkanes of at least 4 members (excludes halogenated alkanes) is 5. The molecular formula is C20H36O. The van der Waals surface area contributed by atoms with E-state index in [0.717, 1.165) is 19.3 Å². The molecule has 1 unspecified atom stereocenters. The van der Waals surface area contributed by atoms with E-state index < -0.39 is 0 Å². The van der Waals surface area contributed by atoms with Crippen molar-refractivity contribution in [3.8, 4) is 0 Å². The summed E-state index contributed by atoms with van der Waals surface area (Å²) in [4.78, 5) is 0. The van der Waals surface area contributed by atoms with Gasteiger partial charge in [-0.15, -0.1) is 0 Å². The van der Waals surface area contributed by atoms with Crippen molar-refractivity contribution >= 4 is 0 Å². The maximum Gasteiger partial charge on any atom is 0.0574 e. The van der Waals surface area contributed by atoms with Gasteiger partial charge >= 0.3 is 0 Å². The second kappa shape index (κ2) is 12.0. The molecule has 0 amide bonds. The summed E-state index contributed by atoms with van der Waals surface area (Å²) in [7, 11) is 0. The molecule has 0 spiro atoms. The molecule has 1 aliphatic carbocycles. The Bertz CT molecular complexity index is 292. The fraction of sp³-hybridized carbons (Fsp3) is 0.800. The van der Waals surface area contributed by atoms with E-state index in [9.17, 15) is 5.11 Å². The number of hydrogen-bond donors (Lipinski definition) is 1. The van der Waals surface area contributed by atoms with Gasteiger partial charge in [0.2, 0.25) is 0 Å². The van der Waals surface area contributed by atoms with Crippen LogP contribution in [0.25, 0.3) is 0 Å². The van der Waals surface area contributed by atoms with Gasteiger partial charge in [-0.25, -0.2) is 0 Å². The van der Waals surface area contributed by atoms with Crippen LogP contribution in [0, 0.1) is 11.8 Å². The lowest BCUT2D eigenvalue weighted by molar-refractivity contribution is 0.119. The van der Waals surface area contributed by atoms with E-state index in [-0.39, 0.29) is 6.10 Å². The summed E-state index contributed by atoms with van der Waals surface area (Å²) >= 11 is 0. The zero-order chi connectivity index (χ0) is 15.3. The van der Waals surface area contributed by atoms with Crippen LogP contribution in [0.4, 0.5) is 0 Å². The number of allylic oxidation sites excluding steroid dienone is 4. The molecule has 1 fully saturated rings. The summed E-state index contributed by atoms with van der Waals surface area (Å²) in [6.45, 7) is 4.49. The summed E-state index contributed by atoms with van der Waals surface area (Å²) in [6.07, 6.45) is 22.6. The van der Waals surface area contributed by atoms with Crippen molar-refractivity contribution in [3.05, 3.63) is 24.3 Å². The van der Waals surface area contributed by atoms with Crippen LogP contribution in [0.2, 0.25) is 0 Å². The van der Waals surface area contributed by atoms with E-state index in [1.54, 1.807) is 0 Å². The third kappa shape index (κ3) is 7.85. The number of rotatable bonds is 11. The molecule has 0 radical (unpaired) electrons. The highest BCUT2D eigenvalue weighted by molar-refractivity contribution is 4.95. The first kappa shape index (κ1) is 18.5. The molecule has 21 heavy (non-hydrogen) atoms. The molecule has 0 aromatic carbocycles. The fourth-order valence-electron chi connectivity index (χ4n) is 3.36. The lowest BCUT2D eigenvalue weighted by atomic mass is 9.88. The molecule has 0 saturated heterocycles. The van der Waals surface area contributed by atoms with E-state index in [1.165, 1.54) is 51.4 Å². The SMILES string of the molecule is CCCC/C=C\C[C@H]1CC[C@@H](O)C1C/C=C/CCCCC. The third-order valence-corrected chi connectivity index (χ3v) is 4.81. The Kier molecular flexibility index (Phi) is 10.6. The summed E-state index contributed by atoms with van der Waals surface area (Å²) in [5.41, 5.74) is 0. The van der Waals surface area contributed by atoms with Crippen LogP contribution >= 0.6 is 0 Å². The Morgan fingerprint density at radius 2 is 1.48 bits per heavy atom. The highest BCUT2D eigenvalue weighted by Gasteiger charge is 2.32. The van der Waals surface area contributed by atoms with E-state index in [4.69, 9.17) is 0 Å². The Balaban J connectivity index is 2.26. The second-order valence-electron chi connectivity index (χ2n) is 6.62. The minimum atomic E-state index is -0.0701. The highest BCUT2D eigenvalue weighted by Crippen LogP contribution is 2.37. The zero-order valence-corrected chi connectivity index (χ0v) is 14.3. The van der Waals surface area contributed by atoms with Crippen molar-refractivity contribution < 1.29 is 5.11 Å². The smallest absolute Gasteiger partial charge is 0.0574 e. The van der Waals surface area contributed by atoms with Gasteiger partial charge in [0.1, 0.15) is 0 Å². The molecule has 3 atom stereocenters. The van der Waals surface area contributed by atoms with Gasteiger partial charge in [-0.2, -0.15) is 0 Å². The van der Waals surface area contributed by atoms with Crippen LogP contribution in [0.15, 0.2) is 24.3 Å². The van der Waals surface area contributed by atoms with E-state index in [0.29, 0.717) is 11.8 Å². The van der Waals surface area contributed by atoms with Crippen LogP contribution in [0.5, 0.6) is 0 Å². The highest BCUT2D eigenvalue weighted by atomic mass is 16.3.